The number of hydrogen-bond donors (Lipinski definition) is 2. The Balaban J connectivity index is 3.02. The summed E-state index contributed by atoms with van der Waals surface area (Å²) in [5, 5.41) is 8.51. The lowest BCUT2D eigenvalue weighted by atomic mass is 10.3. The third-order valence-corrected chi connectivity index (χ3v) is 3.76. The van der Waals surface area contributed by atoms with E-state index >= 15 is 0 Å². The summed E-state index contributed by atoms with van der Waals surface area (Å²) in [5.41, 5.74) is 5.87. The Kier molecular flexibility index (Phi) is 3.51. The van der Waals surface area contributed by atoms with Gasteiger partial charge in [0.25, 0.3) is 0 Å². The predicted molar refractivity (Wildman–Crippen MR) is 58.3 cm³/mol. The van der Waals surface area contributed by atoms with Crippen molar-refractivity contribution >= 4 is 21.7 Å². The minimum Gasteiger partial charge on any atom is -0.480 e. The third-order valence-electron chi connectivity index (χ3n) is 1.95. The minimum atomic E-state index is -3.75. The van der Waals surface area contributed by atoms with Gasteiger partial charge in [0.2, 0.25) is 10.0 Å². The molecular formula is C9H12N2O4S. The fourth-order valence-corrected chi connectivity index (χ4v) is 2.22. The lowest BCUT2D eigenvalue weighted by Crippen LogP contribution is -2.31. The van der Waals surface area contributed by atoms with E-state index in [-0.39, 0.29) is 4.90 Å². The van der Waals surface area contributed by atoms with Gasteiger partial charge in [-0.2, -0.15) is 4.31 Å². The molecule has 16 heavy (non-hydrogen) atoms. The van der Waals surface area contributed by atoms with E-state index in [0.717, 1.165) is 4.31 Å². The highest BCUT2D eigenvalue weighted by atomic mass is 32.2. The molecule has 0 aromatic heterocycles. The molecule has 0 aliphatic rings. The van der Waals surface area contributed by atoms with Crippen molar-refractivity contribution in [3.05, 3.63) is 24.3 Å². The first-order valence-electron chi connectivity index (χ1n) is 4.37. The van der Waals surface area contributed by atoms with Crippen molar-refractivity contribution in [2.45, 2.75) is 4.90 Å². The maximum atomic E-state index is 11.8. The van der Waals surface area contributed by atoms with Gasteiger partial charge in [0.15, 0.2) is 0 Å². The van der Waals surface area contributed by atoms with Gasteiger partial charge >= 0.3 is 5.97 Å². The summed E-state index contributed by atoms with van der Waals surface area (Å²) < 4.78 is 24.4. The number of carboxylic acids is 1. The van der Waals surface area contributed by atoms with Gasteiger partial charge in [0.1, 0.15) is 6.54 Å². The molecule has 0 atom stereocenters. The Morgan fingerprint density at radius 2 is 1.88 bits per heavy atom. The van der Waals surface area contributed by atoms with Gasteiger partial charge < -0.3 is 10.8 Å². The van der Waals surface area contributed by atoms with Gasteiger partial charge in [-0.1, -0.05) is 0 Å². The molecule has 0 saturated heterocycles. The van der Waals surface area contributed by atoms with Crippen molar-refractivity contribution < 1.29 is 18.3 Å². The van der Waals surface area contributed by atoms with Gasteiger partial charge in [-0.3, -0.25) is 4.79 Å². The largest absolute Gasteiger partial charge is 0.480 e. The smallest absolute Gasteiger partial charge is 0.318 e. The molecule has 0 aliphatic heterocycles. The van der Waals surface area contributed by atoms with Crippen molar-refractivity contribution in [2.24, 2.45) is 0 Å². The Morgan fingerprint density at radius 1 is 1.38 bits per heavy atom. The monoisotopic (exact) mass is 244 g/mol. The molecule has 0 heterocycles. The highest BCUT2D eigenvalue weighted by molar-refractivity contribution is 7.89. The number of carbonyl (C=O) groups is 1. The summed E-state index contributed by atoms with van der Waals surface area (Å²) in [6.45, 7) is -0.577. The van der Waals surface area contributed by atoms with Gasteiger partial charge in [0.05, 0.1) is 4.90 Å². The fraction of sp³-hybridized carbons (Fsp3) is 0.222. The molecule has 0 aliphatic carbocycles. The number of rotatable bonds is 4. The van der Waals surface area contributed by atoms with Crippen LogP contribution in [0, 0.1) is 0 Å². The Hall–Kier alpha value is -1.60. The standard InChI is InChI=1S/C9H12N2O4S/c1-11(6-9(12)13)16(14,15)8-4-2-7(10)3-5-8/h2-5H,6,10H2,1H3,(H,12,13). The number of nitrogen functional groups attached to an aromatic ring is 1. The molecule has 88 valence electrons. The van der Waals surface area contributed by atoms with Gasteiger partial charge in [-0.05, 0) is 24.3 Å². The normalized spacial score (nSPS) is 11.6. The van der Waals surface area contributed by atoms with Crippen LogP contribution in [-0.4, -0.2) is 37.4 Å². The maximum Gasteiger partial charge on any atom is 0.318 e. The first-order chi connectivity index (χ1) is 7.34. The molecule has 0 fully saturated rings. The van der Waals surface area contributed by atoms with Gasteiger partial charge in [0, 0.05) is 12.7 Å². The molecule has 0 radical (unpaired) electrons. The summed E-state index contributed by atoms with van der Waals surface area (Å²) in [4.78, 5) is 10.4. The second kappa shape index (κ2) is 4.50. The maximum absolute atomic E-state index is 11.8. The number of nitrogens with two attached hydrogens (primary N) is 1. The zero-order valence-electron chi connectivity index (χ0n) is 8.62. The van der Waals surface area contributed by atoms with E-state index in [1.807, 2.05) is 0 Å². The van der Waals surface area contributed by atoms with Crippen LogP contribution in [0.2, 0.25) is 0 Å². The van der Waals surface area contributed by atoms with Crippen molar-refractivity contribution in [1.29, 1.82) is 0 Å². The van der Waals surface area contributed by atoms with E-state index in [1.165, 1.54) is 31.3 Å². The van der Waals surface area contributed by atoms with Crippen LogP contribution in [0.4, 0.5) is 5.69 Å². The molecule has 0 spiro atoms. The number of benzene rings is 1. The molecule has 1 aromatic rings. The van der Waals surface area contributed by atoms with Crippen LogP contribution in [0.25, 0.3) is 0 Å². The average Bonchev–Trinajstić information content (AvgIpc) is 2.17. The van der Waals surface area contributed by atoms with Crippen LogP contribution in [0.15, 0.2) is 29.2 Å². The quantitative estimate of drug-likeness (QED) is 0.724. The Bertz CT molecular complexity index is 481. The summed E-state index contributed by atoms with van der Waals surface area (Å²) in [6.07, 6.45) is 0. The molecule has 1 aromatic carbocycles. The van der Waals surface area contributed by atoms with E-state index < -0.39 is 22.5 Å². The number of likely N-dealkylation sites (N-methyl/N-ethyl adjacent to an activating group) is 1. The zero-order valence-corrected chi connectivity index (χ0v) is 9.44. The summed E-state index contributed by atoms with van der Waals surface area (Å²) >= 11 is 0. The van der Waals surface area contributed by atoms with Crippen LogP contribution < -0.4 is 5.73 Å². The molecule has 0 amide bonds. The van der Waals surface area contributed by atoms with Gasteiger partial charge in [-0.15, -0.1) is 0 Å². The lowest BCUT2D eigenvalue weighted by molar-refractivity contribution is -0.137. The second-order valence-corrected chi connectivity index (χ2v) is 5.27. The summed E-state index contributed by atoms with van der Waals surface area (Å²) in [7, 11) is -2.55. The van der Waals surface area contributed by atoms with E-state index in [2.05, 4.69) is 0 Å². The highest BCUT2D eigenvalue weighted by Crippen LogP contribution is 2.15. The molecule has 0 unspecified atom stereocenters. The van der Waals surface area contributed by atoms with E-state index in [0.29, 0.717) is 5.69 Å². The number of sulfonamides is 1. The molecule has 0 bridgehead atoms. The third kappa shape index (κ3) is 2.71. The van der Waals surface area contributed by atoms with Crippen LogP contribution in [0.1, 0.15) is 0 Å². The number of hydrogen-bond acceptors (Lipinski definition) is 4. The number of aliphatic carboxylic acids is 1. The summed E-state index contributed by atoms with van der Waals surface area (Å²) in [6, 6.07) is 5.56. The molecule has 7 heteroatoms. The number of nitrogens with zero attached hydrogens (tertiary/aromatic N) is 1. The average molecular weight is 244 g/mol. The van der Waals surface area contributed by atoms with Crippen molar-refractivity contribution in [3.8, 4) is 0 Å². The highest BCUT2D eigenvalue weighted by Gasteiger charge is 2.22. The van der Waals surface area contributed by atoms with Crippen molar-refractivity contribution in [1.82, 2.24) is 4.31 Å². The topological polar surface area (TPSA) is 101 Å². The first kappa shape index (κ1) is 12.5. The predicted octanol–water partition coefficient (Wildman–Crippen LogP) is -0.0261. The van der Waals surface area contributed by atoms with Crippen molar-refractivity contribution in [2.75, 3.05) is 19.3 Å². The Labute approximate surface area is 93.3 Å². The second-order valence-electron chi connectivity index (χ2n) is 3.22. The Morgan fingerprint density at radius 3 is 2.31 bits per heavy atom. The van der Waals surface area contributed by atoms with Crippen LogP contribution in [0.3, 0.4) is 0 Å². The molecule has 6 nitrogen and oxygen atoms in total. The van der Waals surface area contributed by atoms with Crippen LogP contribution in [0.5, 0.6) is 0 Å². The molecule has 3 N–H and O–H groups in total. The lowest BCUT2D eigenvalue weighted by Gasteiger charge is -2.14. The van der Waals surface area contributed by atoms with E-state index in [9.17, 15) is 13.2 Å². The number of anilines is 1. The summed E-state index contributed by atoms with van der Waals surface area (Å²) in [5.74, 6) is -1.21. The molecule has 1 rings (SSSR count). The first-order valence-corrected chi connectivity index (χ1v) is 5.81. The number of carboxylic acid groups (broad SMARTS) is 1. The molecule has 0 saturated carbocycles. The van der Waals surface area contributed by atoms with Crippen molar-refractivity contribution in [3.63, 3.8) is 0 Å². The fourth-order valence-electron chi connectivity index (χ4n) is 1.10. The van der Waals surface area contributed by atoms with Crippen LogP contribution in [-0.2, 0) is 14.8 Å². The van der Waals surface area contributed by atoms with E-state index in [1.54, 1.807) is 0 Å². The van der Waals surface area contributed by atoms with Crippen LogP contribution >= 0.6 is 0 Å². The SMILES string of the molecule is CN(CC(=O)O)S(=O)(=O)c1ccc(N)cc1. The zero-order chi connectivity index (χ0) is 12.3. The minimum absolute atomic E-state index is 0.0189. The van der Waals surface area contributed by atoms with Gasteiger partial charge in [-0.25, -0.2) is 8.42 Å². The van der Waals surface area contributed by atoms with E-state index in [4.69, 9.17) is 10.8 Å². The molecular weight excluding hydrogens is 232 g/mol.